The lowest BCUT2D eigenvalue weighted by Crippen LogP contribution is -2.41. The summed E-state index contributed by atoms with van der Waals surface area (Å²) in [5.41, 5.74) is 3.16. The number of hydrogen-bond acceptors (Lipinski definition) is 4. The fourth-order valence-electron chi connectivity index (χ4n) is 4.64. The first-order chi connectivity index (χ1) is 14.1. The number of nitrogens with zero attached hydrogens (tertiary/aromatic N) is 1. The topological polar surface area (TPSA) is 38.8 Å². The van der Waals surface area contributed by atoms with Crippen LogP contribution in [0.4, 0.5) is 4.39 Å². The van der Waals surface area contributed by atoms with Crippen LogP contribution in [0.1, 0.15) is 59.2 Å². The van der Waals surface area contributed by atoms with Gasteiger partial charge in [0.2, 0.25) is 5.78 Å². The molecule has 5 heteroatoms. The standard InChI is InChI=1S/C24H24FNO3/c1-15-11-20-19(13-26(14-28-20)18-5-3-2-4-6-18)24-22(15)23(27)21(29-24)12-16-7-9-17(25)10-8-16/h7-12,18H,2-6,13-14H2,1H3/b21-12-. The van der Waals surface area contributed by atoms with Crippen LogP contribution < -0.4 is 9.47 Å². The fourth-order valence-corrected chi connectivity index (χ4v) is 4.64. The molecule has 0 amide bonds. The van der Waals surface area contributed by atoms with Gasteiger partial charge in [0.15, 0.2) is 5.76 Å². The molecule has 0 bridgehead atoms. The molecule has 2 aromatic rings. The number of fused-ring (bicyclic) bond motifs is 3. The van der Waals surface area contributed by atoms with Crippen molar-refractivity contribution >= 4 is 11.9 Å². The van der Waals surface area contributed by atoms with Crippen LogP contribution in [0.25, 0.3) is 6.08 Å². The number of allylic oxidation sites excluding steroid dienone is 1. The van der Waals surface area contributed by atoms with Crippen molar-refractivity contribution < 1.29 is 18.7 Å². The second-order valence-electron chi connectivity index (χ2n) is 8.18. The van der Waals surface area contributed by atoms with Crippen LogP contribution in [-0.2, 0) is 6.54 Å². The molecule has 4 nitrogen and oxygen atoms in total. The molecule has 0 N–H and O–H groups in total. The Balaban J connectivity index is 1.48. The number of Topliss-reactive ketones (excluding diaryl/α,β-unsaturated/α-hetero) is 1. The molecule has 5 rings (SSSR count). The first-order valence-corrected chi connectivity index (χ1v) is 10.3. The zero-order chi connectivity index (χ0) is 20.0. The minimum Gasteiger partial charge on any atom is -0.478 e. The fraction of sp³-hybridized carbons (Fsp3) is 0.375. The molecule has 0 spiro atoms. The van der Waals surface area contributed by atoms with Crippen LogP contribution in [0.15, 0.2) is 36.1 Å². The number of ether oxygens (including phenoxy) is 2. The molecule has 1 fully saturated rings. The molecular weight excluding hydrogens is 369 g/mol. The van der Waals surface area contributed by atoms with Gasteiger partial charge in [0.25, 0.3) is 0 Å². The lowest BCUT2D eigenvalue weighted by Gasteiger charge is -2.37. The number of hydrogen-bond donors (Lipinski definition) is 0. The van der Waals surface area contributed by atoms with Crippen molar-refractivity contribution in [1.82, 2.24) is 4.90 Å². The third-order valence-corrected chi connectivity index (χ3v) is 6.21. The van der Waals surface area contributed by atoms with E-state index in [4.69, 9.17) is 9.47 Å². The molecule has 0 aromatic heterocycles. The van der Waals surface area contributed by atoms with Gasteiger partial charge >= 0.3 is 0 Å². The van der Waals surface area contributed by atoms with E-state index >= 15 is 0 Å². The van der Waals surface area contributed by atoms with Gasteiger partial charge < -0.3 is 9.47 Å². The van der Waals surface area contributed by atoms with Crippen LogP contribution in [0.3, 0.4) is 0 Å². The summed E-state index contributed by atoms with van der Waals surface area (Å²) in [6.07, 6.45) is 7.91. The Hall–Kier alpha value is -2.66. The van der Waals surface area contributed by atoms with E-state index in [0.717, 1.165) is 29.0 Å². The molecule has 2 aromatic carbocycles. The van der Waals surface area contributed by atoms with Gasteiger partial charge in [-0.3, -0.25) is 9.69 Å². The monoisotopic (exact) mass is 393 g/mol. The molecule has 0 atom stereocenters. The number of rotatable bonds is 2. The van der Waals surface area contributed by atoms with Crippen molar-refractivity contribution in [2.24, 2.45) is 0 Å². The quantitative estimate of drug-likeness (QED) is 0.655. The number of aryl methyl sites for hydroxylation is 1. The third kappa shape index (κ3) is 3.33. The largest absolute Gasteiger partial charge is 0.478 e. The smallest absolute Gasteiger partial charge is 0.232 e. The molecule has 0 saturated heterocycles. The maximum absolute atomic E-state index is 13.2. The minimum atomic E-state index is -0.307. The number of carbonyl (C=O) groups is 1. The Kier molecular flexibility index (Phi) is 4.63. The Labute approximate surface area is 169 Å². The highest BCUT2D eigenvalue weighted by atomic mass is 19.1. The van der Waals surface area contributed by atoms with Crippen molar-refractivity contribution in [2.75, 3.05) is 6.73 Å². The zero-order valence-corrected chi connectivity index (χ0v) is 16.5. The Morgan fingerprint density at radius 1 is 1.14 bits per heavy atom. The first kappa shape index (κ1) is 18.4. The highest BCUT2D eigenvalue weighted by Gasteiger charge is 2.36. The van der Waals surface area contributed by atoms with Gasteiger partial charge in [0.05, 0.1) is 11.1 Å². The molecule has 2 aliphatic heterocycles. The average Bonchev–Trinajstić information content (AvgIpc) is 3.07. The highest BCUT2D eigenvalue weighted by Crippen LogP contribution is 2.44. The van der Waals surface area contributed by atoms with E-state index < -0.39 is 0 Å². The maximum atomic E-state index is 13.2. The van der Waals surface area contributed by atoms with Crippen molar-refractivity contribution in [3.63, 3.8) is 0 Å². The van der Waals surface area contributed by atoms with E-state index in [-0.39, 0.29) is 17.4 Å². The number of benzene rings is 2. The Morgan fingerprint density at radius 2 is 1.90 bits per heavy atom. The summed E-state index contributed by atoms with van der Waals surface area (Å²) in [6, 6.07) is 8.51. The molecule has 1 aliphatic carbocycles. The van der Waals surface area contributed by atoms with Crippen LogP contribution in [-0.4, -0.2) is 23.5 Å². The van der Waals surface area contributed by atoms with E-state index in [9.17, 15) is 9.18 Å². The predicted molar refractivity (Wildman–Crippen MR) is 108 cm³/mol. The Morgan fingerprint density at radius 3 is 2.66 bits per heavy atom. The van der Waals surface area contributed by atoms with Gasteiger partial charge in [0, 0.05) is 12.6 Å². The van der Waals surface area contributed by atoms with Crippen LogP contribution >= 0.6 is 0 Å². The summed E-state index contributed by atoms with van der Waals surface area (Å²) in [5.74, 6) is 1.28. The van der Waals surface area contributed by atoms with E-state index in [0.29, 0.717) is 24.1 Å². The molecule has 29 heavy (non-hydrogen) atoms. The van der Waals surface area contributed by atoms with Crippen molar-refractivity contribution in [2.45, 2.75) is 51.6 Å². The maximum Gasteiger partial charge on any atom is 0.232 e. The van der Waals surface area contributed by atoms with Gasteiger partial charge in [0.1, 0.15) is 24.0 Å². The van der Waals surface area contributed by atoms with Crippen LogP contribution in [0.5, 0.6) is 11.5 Å². The SMILES string of the molecule is Cc1cc2c(c3c1C(=O)/C(=C/c1ccc(F)cc1)O3)CN(C1CCCCC1)CO2. The van der Waals surface area contributed by atoms with Gasteiger partial charge in [-0.1, -0.05) is 31.4 Å². The van der Waals surface area contributed by atoms with E-state index in [1.54, 1.807) is 18.2 Å². The molecular formula is C24H24FNO3. The molecule has 3 aliphatic rings. The zero-order valence-electron chi connectivity index (χ0n) is 16.5. The molecule has 0 unspecified atom stereocenters. The highest BCUT2D eigenvalue weighted by molar-refractivity contribution is 6.15. The predicted octanol–water partition coefficient (Wildman–Crippen LogP) is 5.23. The summed E-state index contributed by atoms with van der Waals surface area (Å²) < 4.78 is 25.3. The van der Waals surface area contributed by atoms with Gasteiger partial charge in [-0.05, 0) is 55.2 Å². The van der Waals surface area contributed by atoms with Crippen LogP contribution in [0.2, 0.25) is 0 Å². The Bertz CT molecular complexity index is 990. The molecule has 150 valence electrons. The lowest BCUT2D eigenvalue weighted by molar-refractivity contribution is 0.0393. The van der Waals surface area contributed by atoms with E-state index in [2.05, 4.69) is 4.90 Å². The molecule has 1 saturated carbocycles. The number of halogens is 1. The number of carbonyl (C=O) groups excluding carboxylic acids is 1. The van der Waals surface area contributed by atoms with Crippen molar-refractivity contribution in [3.8, 4) is 11.5 Å². The van der Waals surface area contributed by atoms with Gasteiger partial charge in [-0.15, -0.1) is 0 Å². The van der Waals surface area contributed by atoms with E-state index in [1.165, 1.54) is 44.2 Å². The lowest BCUT2D eigenvalue weighted by atomic mass is 9.93. The van der Waals surface area contributed by atoms with E-state index in [1.807, 2.05) is 13.0 Å². The average molecular weight is 393 g/mol. The molecule has 0 radical (unpaired) electrons. The van der Waals surface area contributed by atoms with Crippen molar-refractivity contribution in [1.29, 1.82) is 0 Å². The van der Waals surface area contributed by atoms with Crippen molar-refractivity contribution in [3.05, 3.63) is 64.2 Å². The molecule has 2 heterocycles. The first-order valence-electron chi connectivity index (χ1n) is 10.3. The van der Waals surface area contributed by atoms with Gasteiger partial charge in [-0.2, -0.15) is 0 Å². The second kappa shape index (κ2) is 7.30. The summed E-state index contributed by atoms with van der Waals surface area (Å²) >= 11 is 0. The number of ketones is 1. The summed E-state index contributed by atoms with van der Waals surface area (Å²) in [5, 5.41) is 0. The summed E-state index contributed by atoms with van der Waals surface area (Å²) in [4.78, 5) is 15.4. The van der Waals surface area contributed by atoms with Crippen LogP contribution in [0, 0.1) is 12.7 Å². The minimum absolute atomic E-state index is 0.126. The van der Waals surface area contributed by atoms with Gasteiger partial charge in [-0.25, -0.2) is 4.39 Å². The second-order valence-corrected chi connectivity index (χ2v) is 8.18. The third-order valence-electron chi connectivity index (χ3n) is 6.21. The summed E-state index contributed by atoms with van der Waals surface area (Å²) in [7, 11) is 0. The summed E-state index contributed by atoms with van der Waals surface area (Å²) in [6.45, 7) is 3.24. The normalized spacial score (nSPS) is 20.9.